The van der Waals surface area contributed by atoms with Crippen LogP contribution in [0.1, 0.15) is 6.42 Å². The molecule has 0 saturated heterocycles. The molecule has 0 bridgehead atoms. The average Bonchev–Trinajstić information content (AvgIpc) is 2.33. The van der Waals surface area contributed by atoms with Gasteiger partial charge in [0.1, 0.15) is 18.2 Å². The lowest BCUT2D eigenvalue weighted by Gasteiger charge is -2.14. The van der Waals surface area contributed by atoms with Crippen LogP contribution in [0, 0.1) is 11.7 Å². The molecule has 1 rings (SSSR count). The molecule has 1 unspecified atom stereocenters. The predicted molar refractivity (Wildman–Crippen MR) is 59.1 cm³/mol. The Labute approximate surface area is 99.0 Å². The van der Waals surface area contributed by atoms with Crippen molar-refractivity contribution in [3.8, 4) is 5.75 Å². The van der Waals surface area contributed by atoms with Gasteiger partial charge >= 0.3 is 5.97 Å². The molecule has 0 aromatic heterocycles. The summed E-state index contributed by atoms with van der Waals surface area (Å²) in [4.78, 5) is 11.3. The zero-order valence-electron chi connectivity index (χ0n) is 9.56. The molecular weight excluding hydrogens is 227 g/mol. The second-order valence-corrected chi connectivity index (χ2v) is 3.50. The molecular formula is C12H15FO4. The maximum atomic E-state index is 12.9. The van der Waals surface area contributed by atoms with Gasteiger partial charge in [0.2, 0.25) is 0 Å². The Balaban J connectivity index is 2.54. The number of methoxy groups -OCH3 is 1. The molecule has 0 fully saturated rings. The Bertz CT molecular complexity index is 367. The predicted octanol–water partition coefficient (Wildman–Crippen LogP) is 1.38. The van der Waals surface area contributed by atoms with Gasteiger partial charge in [0.15, 0.2) is 0 Å². The number of carbonyl (C=O) groups is 1. The lowest BCUT2D eigenvalue weighted by atomic mass is 10.1. The van der Waals surface area contributed by atoms with E-state index in [9.17, 15) is 9.18 Å². The van der Waals surface area contributed by atoms with Crippen molar-refractivity contribution in [2.45, 2.75) is 6.42 Å². The molecule has 5 heteroatoms. The van der Waals surface area contributed by atoms with Crippen LogP contribution in [0.25, 0.3) is 0 Å². The van der Waals surface area contributed by atoms with Crippen molar-refractivity contribution >= 4 is 5.97 Å². The van der Waals surface area contributed by atoms with E-state index in [4.69, 9.17) is 9.84 Å². The van der Waals surface area contributed by atoms with Crippen LogP contribution in [0.15, 0.2) is 24.3 Å². The lowest BCUT2D eigenvalue weighted by Crippen LogP contribution is -2.24. The van der Waals surface area contributed by atoms with Crippen LogP contribution in [0.2, 0.25) is 0 Å². The molecule has 0 radical (unpaired) electrons. The first-order valence-electron chi connectivity index (χ1n) is 5.24. The summed E-state index contributed by atoms with van der Waals surface area (Å²) in [5.74, 6) is -1.06. The van der Waals surface area contributed by atoms with E-state index in [0.29, 0.717) is 5.75 Å². The van der Waals surface area contributed by atoms with E-state index >= 15 is 0 Å². The molecule has 1 atom stereocenters. The highest BCUT2D eigenvalue weighted by Gasteiger charge is 2.19. The minimum atomic E-state index is -0.548. The summed E-state index contributed by atoms with van der Waals surface area (Å²) in [5.41, 5.74) is 0. The number of ether oxygens (including phenoxy) is 2. The minimum absolute atomic E-state index is 0.0523. The van der Waals surface area contributed by atoms with E-state index in [1.165, 1.54) is 25.3 Å². The standard InChI is InChI=1S/C12H15FO4/c1-16-12(15)9(5-6-14)8-17-11-4-2-3-10(13)7-11/h2-4,7,9,14H,5-6,8H2,1H3. The summed E-state index contributed by atoms with van der Waals surface area (Å²) in [7, 11) is 1.27. The molecule has 0 aliphatic carbocycles. The van der Waals surface area contributed by atoms with E-state index < -0.39 is 17.7 Å². The smallest absolute Gasteiger partial charge is 0.312 e. The molecule has 0 spiro atoms. The molecule has 17 heavy (non-hydrogen) atoms. The average molecular weight is 242 g/mol. The van der Waals surface area contributed by atoms with Crippen molar-refractivity contribution in [3.63, 3.8) is 0 Å². The number of hydrogen-bond acceptors (Lipinski definition) is 4. The Hall–Kier alpha value is -1.62. The van der Waals surface area contributed by atoms with Crippen molar-refractivity contribution in [2.24, 2.45) is 5.92 Å². The van der Waals surface area contributed by atoms with E-state index in [0.717, 1.165) is 0 Å². The summed E-state index contributed by atoms with van der Waals surface area (Å²) in [6.07, 6.45) is 0.252. The molecule has 0 saturated carbocycles. The summed E-state index contributed by atoms with van der Waals surface area (Å²) < 4.78 is 22.7. The number of aliphatic hydroxyl groups excluding tert-OH is 1. The van der Waals surface area contributed by atoms with Crippen molar-refractivity contribution in [2.75, 3.05) is 20.3 Å². The number of aliphatic hydroxyl groups is 1. The fraction of sp³-hybridized carbons (Fsp3) is 0.417. The van der Waals surface area contributed by atoms with E-state index in [1.54, 1.807) is 6.07 Å². The Morgan fingerprint density at radius 2 is 2.29 bits per heavy atom. The minimum Gasteiger partial charge on any atom is -0.493 e. The first kappa shape index (κ1) is 13.4. The van der Waals surface area contributed by atoms with Crippen LogP contribution >= 0.6 is 0 Å². The van der Waals surface area contributed by atoms with Crippen molar-refractivity contribution < 1.29 is 23.8 Å². The maximum absolute atomic E-state index is 12.9. The summed E-state index contributed by atoms with van der Waals surface area (Å²) in [6.45, 7) is -0.0804. The quantitative estimate of drug-likeness (QED) is 0.766. The molecule has 0 aliphatic heterocycles. The molecule has 0 heterocycles. The monoisotopic (exact) mass is 242 g/mol. The lowest BCUT2D eigenvalue weighted by molar-refractivity contribution is -0.147. The van der Waals surface area contributed by atoms with E-state index in [-0.39, 0.29) is 19.6 Å². The van der Waals surface area contributed by atoms with Gasteiger partial charge in [-0.25, -0.2) is 4.39 Å². The molecule has 1 aromatic carbocycles. The molecule has 1 aromatic rings. The number of esters is 1. The summed E-state index contributed by atoms with van der Waals surface area (Å²) >= 11 is 0. The summed E-state index contributed by atoms with van der Waals surface area (Å²) in [6, 6.07) is 5.64. The SMILES string of the molecule is COC(=O)C(CCO)COc1cccc(F)c1. The normalized spacial score (nSPS) is 11.9. The first-order chi connectivity index (χ1) is 8.17. The fourth-order valence-corrected chi connectivity index (χ4v) is 1.35. The zero-order valence-corrected chi connectivity index (χ0v) is 9.56. The van der Waals surface area contributed by atoms with Gasteiger partial charge < -0.3 is 14.6 Å². The number of rotatable bonds is 6. The van der Waals surface area contributed by atoms with Crippen LogP contribution in [0.3, 0.4) is 0 Å². The first-order valence-corrected chi connectivity index (χ1v) is 5.24. The number of halogens is 1. The third-order valence-corrected chi connectivity index (χ3v) is 2.26. The topological polar surface area (TPSA) is 55.8 Å². The van der Waals surface area contributed by atoms with Crippen LogP contribution in [-0.4, -0.2) is 31.4 Å². The Kier molecular flexibility index (Phi) is 5.42. The largest absolute Gasteiger partial charge is 0.493 e. The second kappa shape index (κ2) is 6.85. The van der Waals surface area contributed by atoms with Crippen LogP contribution in [-0.2, 0) is 9.53 Å². The Morgan fingerprint density at radius 1 is 1.53 bits per heavy atom. The molecule has 0 aliphatic rings. The molecule has 0 amide bonds. The van der Waals surface area contributed by atoms with E-state index in [1.807, 2.05) is 0 Å². The zero-order chi connectivity index (χ0) is 12.7. The molecule has 4 nitrogen and oxygen atoms in total. The fourth-order valence-electron chi connectivity index (χ4n) is 1.35. The van der Waals surface area contributed by atoms with Crippen molar-refractivity contribution in [3.05, 3.63) is 30.1 Å². The Morgan fingerprint density at radius 3 is 2.88 bits per heavy atom. The van der Waals surface area contributed by atoms with Gasteiger partial charge in [0.25, 0.3) is 0 Å². The van der Waals surface area contributed by atoms with E-state index in [2.05, 4.69) is 4.74 Å². The summed E-state index contributed by atoms with van der Waals surface area (Å²) in [5, 5.41) is 8.80. The van der Waals surface area contributed by atoms with Gasteiger partial charge in [-0.2, -0.15) is 0 Å². The highest BCUT2D eigenvalue weighted by atomic mass is 19.1. The van der Waals surface area contributed by atoms with Crippen LogP contribution < -0.4 is 4.74 Å². The van der Waals surface area contributed by atoms with Gasteiger partial charge in [-0.15, -0.1) is 0 Å². The number of hydrogen-bond donors (Lipinski definition) is 1. The highest BCUT2D eigenvalue weighted by molar-refractivity contribution is 5.72. The van der Waals surface area contributed by atoms with Crippen LogP contribution in [0.5, 0.6) is 5.75 Å². The highest BCUT2D eigenvalue weighted by Crippen LogP contribution is 2.14. The third kappa shape index (κ3) is 4.40. The number of benzene rings is 1. The van der Waals surface area contributed by atoms with Gasteiger partial charge in [-0.1, -0.05) is 6.07 Å². The molecule has 1 N–H and O–H groups in total. The molecule has 94 valence electrons. The van der Waals surface area contributed by atoms with Gasteiger partial charge in [-0.05, 0) is 18.6 Å². The maximum Gasteiger partial charge on any atom is 0.312 e. The van der Waals surface area contributed by atoms with Gasteiger partial charge in [-0.3, -0.25) is 4.79 Å². The van der Waals surface area contributed by atoms with Crippen molar-refractivity contribution in [1.29, 1.82) is 0 Å². The third-order valence-electron chi connectivity index (χ3n) is 2.26. The van der Waals surface area contributed by atoms with Gasteiger partial charge in [0.05, 0.1) is 13.0 Å². The van der Waals surface area contributed by atoms with Crippen LogP contribution in [0.4, 0.5) is 4.39 Å². The van der Waals surface area contributed by atoms with Crippen molar-refractivity contribution in [1.82, 2.24) is 0 Å². The van der Waals surface area contributed by atoms with Gasteiger partial charge in [0, 0.05) is 12.7 Å². The number of carbonyl (C=O) groups excluding carboxylic acids is 1. The second-order valence-electron chi connectivity index (χ2n) is 3.50.